The minimum absolute atomic E-state index is 0.950. The second kappa shape index (κ2) is 15.9. The molecule has 22 heavy (non-hydrogen) atoms. The first-order valence-corrected chi connectivity index (χ1v) is 10.6. The van der Waals surface area contributed by atoms with E-state index in [4.69, 9.17) is 0 Å². The monoisotopic (exact) mass is 310 g/mol. The molecule has 2 unspecified atom stereocenters. The lowest BCUT2D eigenvalue weighted by atomic mass is 9.90. The highest BCUT2D eigenvalue weighted by Gasteiger charge is 2.07. The molecule has 0 aromatic heterocycles. The van der Waals surface area contributed by atoms with E-state index in [-0.39, 0.29) is 0 Å². The molecule has 0 aromatic rings. The molecule has 0 fully saturated rings. The fourth-order valence-corrected chi connectivity index (χ4v) is 3.55. The van der Waals surface area contributed by atoms with Crippen LogP contribution in [-0.4, -0.2) is 0 Å². The van der Waals surface area contributed by atoms with Crippen LogP contribution in [0.25, 0.3) is 0 Å². The summed E-state index contributed by atoms with van der Waals surface area (Å²) in [5, 5.41) is 0. The SMILES string of the molecule is CCCCCC(C)CCCC(C)CCCC(C)CCCCC. The molecule has 0 nitrogen and oxygen atoms in total. The molecule has 0 heteroatoms. The Balaban J connectivity index is 3.43. The van der Waals surface area contributed by atoms with Crippen molar-refractivity contribution in [3.63, 3.8) is 0 Å². The van der Waals surface area contributed by atoms with Crippen LogP contribution >= 0.6 is 0 Å². The van der Waals surface area contributed by atoms with Gasteiger partial charge >= 0.3 is 0 Å². The average molecular weight is 311 g/mol. The van der Waals surface area contributed by atoms with Gasteiger partial charge in [-0.05, 0) is 17.8 Å². The van der Waals surface area contributed by atoms with Crippen LogP contribution in [0.3, 0.4) is 0 Å². The van der Waals surface area contributed by atoms with Gasteiger partial charge in [-0.25, -0.2) is 0 Å². The van der Waals surface area contributed by atoms with Crippen LogP contribution in [0.15, 0.2) is 0 Å². The molecule has 0 heterocycles. The van der Waals surface area contributed by atoms with Gasteiger partial charge in [-0.15, -0.1) is 0 Å². The molecule has 0 spiro atoms. The maximum absolute atomic E-state index is 2.48. The Labute approximate surface area is 142 Å². The summed E-state index contributed by atoms with van der Waals surface area (Å²) in [4.78, 5) is 0. The predicted octanol–water partition coefficient (Wildman–Crippen LogP) is 8.40. The number of hydrogen-bond acceptors (Lipinski definition) is 0. The van der Waals surface area contributed by atoms with Gasteiger partial charge in [0.2, 0.25) is 0 Å². The van der Waals surface area contributed by atoms with E-state index in [1.165, 1.54) is 89.9 Å². The number of unbranched alkanes of at least 4 members (excludes halogenated alkanes) is 4. The lowest BCUT2D eigenvalue weighted by molar-refractivity contribution is 0.375. The molecular weight excluding hydrogens is 264 g/mol. The predicted molar refractivity (Wildman–Crippen MR) is 103 cm³/mol. The molecule has 0 saturated heterocycles. The van der Waals surface area contributed by atoms with Crippen LogP contribution in [0, 0.1) is 17.8 Å². The Morgan fingerprint density at radius 1 is 0.409 bits per heavy atom. The fraction of sp³-hybridized carbons (Fsp3) is 1.00. The lowest BCUT2D eigenvalue weighted by Gasteiger charge is -2.16. The molecule has 0 aliphatic carbocycles. The third-order valence-corrected chi connectivity index (χ3v) is 5.39. The molecule has 0 amide bonds. The lowest BCUT2D eigenvalue weighted by Crippen LogP contribution is -2.01. The van der Waals surface area contributed by atoms with Gasteiger partial charge in [-0.2, -0.15) is 0 Å². The first-order chi connectivity index (χ1) is 10.6. The minimum atomic E-state index is 0.950. The van der Waals surface area contributed by atoms with E-state index in [9.17, 15) is 0 Å². The molecule has 0 bridgehead atoms. The van der Waals surface area contributed by atoms with E-state index in [0.717, 1.165) is 17.8 Å². The molecule has 0 aromatic carbocycles. The summed E-state index contributed by atoms with van der Waals surface area (Å²) in [5.74, 6) is 2.86. The topological polar surface area (TPSA) is 0 Å². The van der Waals surface area contributed by atoms with Crippen molar-refractivity contribution < 1.29 is 0 Å². The van der Waals surface area contributed by atoms with Crippen molar-refractivity contribution in [2.24, 2.45) is 17.8 Å². The highest BCUT2D eigenvalue weighted by molar-refractivity contribution is 4.60. The first kappa shape index (κ1) is 22.0. The fourth-order valence-electron chi connectivity index (χ4n) is 3.55. The summed E-state index contributed by atoms with van der Waals surface area (Å²) in [5.41, 5.74) is 0. The third kappa shape index (κ3) is 14.9. The molecule has 0 saturated carbocycles. The van der Waals surface area contributed by atoms with Crippen molar-refractivity contribution in [1.29, 1.82) is 0 Å². The Morgan fingerprint density at radius 2 is 0.682 bits per heavy atom. The molecular formula is C22H46. The van der Waals surface area contributed by atoms with E-state index in [1.807, 2.05) is 0 Å². The van der Waals surface area contributed by atoms with Gasteiger partial charge in [0.15, 0.2) is 0 Å². The van der Waals surface area contributed by atoms with Gasteiger partial charge in [0.25, 0.3) is 0 Å². The Morgan fingerprint density at radius 3 is 0.955 bits per heavy atom. The van der Waals surface area contributed by atoms with Crippen molar-refractivity contribution in [2.45, 2.75) is 125 Å². The van der Waals surface area contributed by atoms with Gasteiger partial charge in [0.05, 0.1) is 0 Å². The summed E-state index contributed by atoms with van der Waals surface area (Å²) >= 11 is 0. The van der Waals surface area contributed by atoms with Crippen molar-refractivity contribution >= 4 is 0 Å². The van der Waals surface area contributed by atoms with Crippen LogP contribution < -0.4 is 0 Å². The van der Waals surface area contributed by atoms with Crippen LogP contribution in [0.2, 0.25) is 0 Å². The Kier molecular flexibility index (Phi) is 15.9. The van der Waals surface area contributed by atoms with Crippen LogP contribution in [0.5, 0.6) is 0 Å². The standard InChI is InChI=1S/C22H46/c1-6-8-10-14-20(3)16-12-18-22(5)19-13-17-21(4)15-11-9-7-2/h20-22H,6-19H2,1-5H3. The summed E-state index contributed by atoms with van der Waals surface area (Å²) in [6, 6.07) is 0. The van der Waals surface area contributed by atoms with Crippen LogP contribution in [0.4, 0.5) is 0 Å². The zero-order chi connectivity index (χ0) is 16.6. The van der Waals surface area contributed by atoms with Gasteiger partial charge < -0.3 is 0 Å². The quantitative estimate of drug-likeness (QED) is 0.251. The second-order valence-electron chi connectivity index (χ2n) is 8.17. The average Bonchev–Trinajstić information content (AvgIpc) is 2.48. The second-order valence-corrected chi connectivity index (χ2v) is 8.17. The van der Waals surface area contributed by atoms with Crippen molar-refractivity contribution in [3.05, 3.63) is 0 Å². The number of rotatable bonds is 16. The third-order valence-electron chi connectivity index (χ3n) is 5.39. The summed E-state index contributed by atoms with van der Waals surface area (Å²) in [7, 11) is 0. The smallest absolute Gasteiger partial charge is 0.0443 e. The minimum Gasteiger partial charge on any atom is -0.0654 e. The maximum atomic E-state index is 2.48. The zero-order valence-corrected chi connectivity index (χ0v) is 16.6. The molecule has 0 rings (SSSR count). The van der Waals surface area contributed by atoms with Crippen molar-refractivity contribution in [1.82, 2.24) is 0 Å². The van der Waals surface area contributed by atoms with Crippen molar-refractivity contribution in [3.8, 4) is 0 Å². The largest absolute Gasteiger partial charge is 0.0654 e. The molecule has 0 radical (unpaired) electrons. The summed E-state index contributed by atoms with van der Waals surface area (Å²) < 4.78 is 0. The van der Waals surface area contributed by atoms with Gasteiger partial charge in [-0.1, -0.05) is 125 Å². The van der Waals surface area contributed by atoms with E-state index in [2.05, 4.69) is 34.6 Å². The summed E-state index contributed by atoms with van der Waals surface area (Å²) in [6.45, 7) is 12.0. The van der Waals surface area contributed by atoms with Crippen molar-refractivity contribution in [2.75, 3.05) is 0 Å². The van der Waals surface area contributed by atoms with Crippen LogP contribution in [0.1, 0.15) is 125 Å². The Hall–Kier alpha value is 0. The zero-order valence-electron chi connectivity index (χ0n) is 16.6. The molecule has 0 N–H and O–H groups in total. The normalized spacial score (nSPS) is 15.7. The highest BCUT2D eigenvalue weighted by atomic mass is 14.1. The van der Waals surface area contributed by atoms with E-state index in [0.29, 0.717) is 0 Å². The van der Waals surface area contributed by atoms with Crippen LogP contribution in [-0.2, 0) is 0 Å². The van der Waals surface area contributed by atoms with E-state index >= 15 is 0 Å². The van der Waals surface area contributed by atoms with Gasteiger partial charge in [0, 0.05) is 0 Å². The maximum Gasteiger partial charge on any atom is -0.0443 e. The first-order valence-electron chi connectivity index (χ1n) is 10.6. The summed E-state index contributed by atoms with van der Waals surface area (Å²) in [6.07, 6.45) is 20.1. The molecule has 134 valence electrons. The van der Waals surface area contributed by atoms with E-state index < -0.39 is 0 Å². The Bertz CT molecular complexity index is 186. The molecule has 2 atom stereocenters. The van der Waals surface area contributed by atoms with E-state index in [1.54, 1.807) is 0 Å². The molecule has 0 aliphatic heterocycles. The van der Waals surface area contributed by atoms with Gasteiger partial charge in [0.1, 0.15) is 0 Å². The highest BCUT2D eigenvalue weighted by Crippen LogP contribution is 2.22. The number of hydrogen-bond donors (Lipinski definition) is 0. The van der Waals surface area contributed by atoms with Gasteiger partial charge in [-0.3, -0.25) is 0 Å². The molecule has 0 aliphatic rings.